The molecular weight excluding hydrogens is 321 g/mol. The fourth-order valence-corrected chi connectivity index (χ4v) is 1.85. The van der Waals surface area contributed by atoms with Crippen LogP contribution < -0.4 is 5.32 Å². The number of amides is 1. The van der Waals surface area contributed by atoms with Crippen molar-refractivity contribution >= 4 is 33.7 Å². The Kier molecular flexibility index (Phi) is 4.52. The molecule has 0 radical (unpaired) electrons. The molecule has 1 amide bonds. The van der Waals surface area contributed by atoms with Crippen LogP contribution in [0.15, 0.2) is 16.6 Å². The second-order valence-corrected chi connectivity index (χ2v) is 5.51. The summed E-state index contributed by atoms with van der Waals surface area (Å²) in [6.07, 6.45) is -0.754. The summed E-state index contributed by atoms with van der Waals surface area (Å²) in [7, 11) is 0. The van der Waals surface area contributed by atoms with E-state index in [1.54, 1.807) is 20.8 Å². The zero-order valence-electron chi connectivity index (χ0n) is 10.6. The Hall–Kier alpha value is -1.63. The Balaban J connectivity index is 3.01. The number of benzene rings is 1. The standard InChI is InChI=1S/C12H13BrFNO4/c1-12(2,3)19-11(18)15-7-5-4-6(14)8(9(7)13)10(16)17/h4-5H,1-3H3,(H,15,18)(H,16,17). The second-order valence-electron chi connectivity index (χ2n) is 4.72. The van der Waals surface area contributed by atoms with E-state index in [4.69, 9.17) is 9.84 Å². The number of carboxylic acid groups (broad SMARTS) is 1. The van der Waals surface area contributed by atoms with Crippen molar-refractivity contribution in [3.05, 3.63) is 28.0 Å². The first-order chi connectivity index (χ1) is 8.61. The van der Waals surface area contributed by atoms with E-state index in [2.05, 4.69) is 21.2 Å². The summed E-state index contributed by atoms with van der Waals surface area (Å²) >= 11 is 2.95. The molecule has 0 fully saturated rings. The van der Waals surface area contributed by atoms with Gasteiger partial charge in [0.05, 0.1) is 10.2 Å². The minimum atomic E-state index is -1.43. The SMILES string of the molecule is CC(C)(C)OC(=O)Nc1ccc(F)c(C(=O)O)c1Br. The first-order valence-electron chi connectivity index (χ1n) is 5.33. The van der Waals surface area contributed by atoms with Gasteiger partial charge in [-0.15, -0.1) is 0 Å². The Morgan fingerprint density at radius 3 is 2.42 bits per heavy atom. The summed E-state index contributed by atoms with van der Waals surface area (Å²) in [6, 6.07) is 2.21. The van der Waals surface area contributed by atoms with Crippen LogP contribution in [-0.2, 0) is 4.74 Å². The Morgan fingerprint density at radius 2 is 1.95 bits per heavy atom. The average molecular weight is 334 g/mol. The van der Waals surface area contributed by atoms with E-state index in [-0.39, 0.29) is 10.2 Å². The van der Waals surface area contributed by atoms with E-state index >= 15 is 0 Å². The lowest BCUT2D eigenvalue weighted by Gasteiger charge is -2.20. The number of nitrogens with one attached hydrogen (secondary N) is 1. The summed E-state index contributed by atoms with van der Waals surface area (Å²) in [5.74, 6) is -2.33. The first-order valence-corrected chi connectivity index (χ1v) is 6.12. The molecule has 0 bridgehead atoms. The highest BCUT2D eigenvalue weighted by Crippen LogP contribution is 2.29. The Labute approximate surface area is 117 Å². The number of anilines is 1. The third-order valence-electron chi connectivity index (χ3n) is 1.94. The highest BCUT2D eigenvalue weighted by Gasteiger charge is 2.21. The monoisotopic (exact) mass is 333 g/mol. The third-order valence-corrected chi connectivity index (χ3v) is 2.76. The molecule has 0 aliphatic carbocycles. The van der Waals surface area contributed by atoms with Gasteiger partial charge in [0.1, 0.15) is 17.0 Å². The predicted molar refractivity (Wildman–Crippen MR) is 70.9 cm³/mol. The van der Waals surface area contributed by atoms with E-state index < -0.39 is 29.0 Å². The Bertz CT molecular complexity index is 525. The lowest BCUT2D eigenvalue weighted by molar-refractivity contribution is 0.0632. The maximum absolute atomic E-state index is 13.3. The maximum atomic E-state index is 13.3. The zero-order chi connectivity index (χ0) is 14.8. The lowest BCUT2D eigenvalue weighted by atomic mass is 10.2. The number of carboxylic acids is 1. The van der Waals surface area contributed by atoms with Gasteiger partial charge in [0, 0.05) is 0 Å². The van der Waals surface area contributed by atoms with E-state index in [1.807, 2.05) is 0 Å². The van der Waals surface area contributed by atoms with Crippen molar-refractivity contribution in [2.75, 3.05) is 5.32 Å². The summed E-state index contributed by atoms with van der Waals surface area (Å²) in [5, 5.41) is 11.2. The number of hydrogen-bond donors (Lipinski definition) is 2. The molecule has 0 heterocycles. The highest BCUT2D eigenvalue weighted by atomic mass is 79.9. The number of hydrogen-bond acceptors (Lipinski definition) is 3. The van der Waals surface area contributed by atoms with Crippen LogP contribution in [0.4, 0.5) is 14.9 Å². The van der Waals surface area contributed by atoms with Crippen LogP contribution in [0.5, 0.6) is 0 Å². The van der Waals surface area contributed by atoms with Crippen molar-refractivity contribution in [3.8, 4) is 0 Å². The average Bonchev–Trinajstić information content (AvgIpc) is 2.19. The molecule has 0 aliphatic rings. The number of carbonyl (C=O) groups excluding carboxylic acids is 1. The number of ether oxygens (including phenoxy) is 1. The minimum Gasteiger partial charge on any atom is -0.478 e. The van der Waals surface area contributed by atoms with Gasteiger partial charge in [-0.2, -0.15) is 0 Å². The predicted octanol–water partition coefficient (Wildman–Crippen LogP) is 3.63. The van der Waals surface area contributed by atoms with E-state index in [1.165, 1.54) is 6.07 Å². The number of rotatable bonds is 2. The van der Waals surface area contributed by atoms with Gasteiger partial charge in [-0.25, -0.2) is 14.0 Å². The van der Waals surface area contributed by atoms with Gasteiger partial charge in [0.25, 0.3) is 0 Å². The molecule has 0 saturated carbocycles. The third kappa shape index (κ3) is 4.20. The van der Waals surface area contributed by atoms with E-state index in [0.717, 1.165) is 6.07 Å². The number of halogens is 2. The van der Waals surface area contributed by atoms with Gasteiger partial charge in [-0.1, -0.05) is 0 Å². The first kappa shape index (κ1) is 15.4. The molecule has 19 heavy (non-hydrogen) atoms. The van der Waals surface area contributed by atoms with Crippen molar-refractivity contribution in [2.45, 2.75) is 26.4 Å². The van der Waals surface area contributed by atoms with E-state index in [9.17, 15) is 14.0 Å². The summed E-state index contributed by atoms with van der Waals surface area (Å²) in [6.45, 7) is 5.07. The van der Waals surface area contributed by atoms with Crippen molar-refractivity contribution in [3.63, 3.8) is 0 Å². The minimum absolute atomic E-state index is 0.0501. The largest absolute Gasteiger partial charge is 0.478 e. The van der Waals surface area contributed by atoms with Gasteiger partial charge in [-0.05, 0) is 48.8 Å². The second kappa shape index (κ2) is 5.56. The van der Waals surface area contributed by atoms with Crippen LogP contribution in [0.3, 0.4) is 0 Å². The summed E-state index contributed by atoms with van der Waals surface area (Å²) in [4.78, 5) is 22.4. The molecule has 1 aromatic carbocycles. The van der Waals surface area contributed by atoms with Gasteiger partial charge in [0.15, 0.2) is 0 Å². The molecule has 0 aliphatic heterocycles. The van der Waals surface area contributed by atoms with Crippen LogP contribution in [-0.4, -0.2) is 22.8 Å². The molecule has 7 heteroatoms. The fourth-order valence-electron chi connectivity index (χ4n) is 1.26. The molecular formula is C12H13BrFNO4. The van der Waals surface area contributed by atoms with Crippen molar-refractivity contribution in [1.82, 2.24) is 0 Å². The highest BCUT2D eigenvalue weighted by molar-refractivity contribution is 9.10. The summed E-state index contributed by atoms with van der Waals surface area (Å²) in [5.41, 5.74) is -1.12. The van der Waals surface area contributed by atoms with Gasteiger partial charge < -0.3 is 9.84 Å². The van der Waals surface area contributed by atoms with Gasteiger partial charge in [0.2, 0.25) is 0 Å². The van der Waals surface area contributed by atoms with Crippen LogP contribution in [0.1, 0.15) is 31.1 Å². The quantitative estimate of drug-likeness (QED) is 0.866. The molecule has 0 spiro atoms. The molecule has 1 aromatic rings. The molecule has 5 nitrogen and oxygen atoms in total. The smallest absolute Gasteiger partial charge is 0.412 e. The summed E-state index contributed by atoms with van der Waals surface area (Å²) < 4.78 is 18.3. The fraction of sp³-hybridized carbons (Fsp3) is 0.333. The Morgan fingerprint density at radius 1 is 1.37 bits per heavy atom. The lowest BCUT2D eigenvalue weighted by Crippen LogP contribution is -2.27. The van der Waals surface area contributed by atoms with Crippen molar-refractivity contribution < 1.29 is 23.8 Å². The molecule has 2 N–H and O–H groups in total. The molecule has 0 aromatic heterocycles. The van der Waals surface area contributed by atoms with Crippen LogP contribution in [0.25, 0.3) is 0 Å². The van der Waals surface area contributed by atoms with Crippen LogP contribution in [0.2, 0.25) is 0 Å². The van der Waals surface area contributed by atoms with Gasteiger partial charge in [-0.3, -0.25) is 5.32 Å². The topological polar surface area (TPSA) is 75.6 Å². The molecule has 0 saturated heterocycles. The van der Waals surface area contributed by atoms with Gasteiger partial charge >= 0.3 is 12.1 Å². The van der Waals surface area contributed by atoms with Crippen LogP contribution >= 0.6 is 15.9 Å². The molecule has 104 valence electrons. The number of carbonyl (C=O) groups is 2. The zero-order valence-corrected chi connectivity index (χ0v) is 12.2. The maximum Gasteiger partial charge on any atom is 0.412 e. The van der Waals surface area contributed by atoms with Crippen LogP contribution in [0, 0.1) is 5.82 Å². The van der Waals surface area contributed by atoms with Crippen molar-refractivity contribution in [2.24, 2.45) is 0 Å². The molecule has 1 rings (SSSR count). The molecule has 0 atom stereocenters. The van der Waals surface area contributed by atoms with E-state index in [0.29, 0.717) is 0 Å². The number of aromatic carboxylic acids is 1. The van der Waals surface area contributed by atoms with Crippen molar-refractivity contribution in [1.29, 1.82) is 0 Å². The normalized spacial score (nSPS) is 11.0. The molecule has 0 unspecified atom stereocenters.